The molecule has 1 aromatic carbocycles. The number of hydrogen-bond acceptors (Lipinski definition) is 4. The zero-order valence-corrected chi connectivity index (χ0v) is 14.6. The van der Waals surface area contributed by atoms with Crippen molar-refractivity contribution in [2.24, 2.45) is 0 Å². The van der Waals surface area contributed by atoms with E-state index in [4.69, 9.17) is 8.92 Å². The van der Waals surface area contributed by atoms with Crippen LogP contribution in [0.25, 0.3) is 0 Å². The Kier molecular flexibility index (Phi) is 4.85. The maximum Gasteiger partial charge on any atom is 0.306 e. The van der Waals surface area contributed by atoms with E-state index < -0.39 is 0 Å². The van der Waals surface area contributed by atoms with Gasteiger partial charge >= 0.3 is 5.97 Å². The lowest BCUT2D eigenvalue weighted by Crippen LogP contribution is -2.31. The van der Waals surface area contributed by atoms with E-state index in [9.17, 15) is 9.59 Å². The number of benzene rings is 1. The van der Waals surface area contributed by atoms with Crippen molar-refractivity contribution in [1.29, 1.82) is 0 Å². The molecule has 4 nitrogen and oxygen atoms in total. The number of hydrogen-bond donors (Lipinski definition) is 0. The first kappa shape index (κ1) is 16.9. The fraction of sp³-hybridized carbons (Fsp3) is 0.529. The van der Waals surface area contributed by atoms with Crippen molar-refractivity contribution >= 4 is 22.9 Å². The molecule has 0 amide bonds. The van der Waals surface area contributed by atoms with Gasteiger partial charge in [-0.1, -0.05) is 6.07 Å². The summed E-state index contributed by atoms with van der Waals surface area (Å²) in [5, 5.41) is 0. The van der Waals surface area contributed by atoms with Crippen LogP contribution in [0.4, 0.5) is 0 Å². The van der Waals surface area contributed by atoms with Gasteiger partial charge in [-0.25, -0.2) is 0 Å². The minimum absolute atomic E-state index is 0.0520. The molecular weight excluding hydrogens is 300 g/mol. The van der Waals surface area contributed by atoms with Crippen molar-refractivity contribution in [1.82, 2.24) is 0 Å². The van der Waals surface area contributed by atoms with Gasteiger partial charge < -0.3 is 4.74 Å². The van der Waals surface area contributed by atoms with Crippen molar-refractivity contribution < 1.29 is 18.5 Å². The highest BCUT2D eigenvalue weighted by Crippen LogP contribution is 2.38. The fourth-order valence-electron chi connectivity index (χ4n) is 2.36. The Morgan fingerprint density at radius 3 is 2.64 bits per heavy atom. The number of carbonyl (C=O) groups excluding carboxylic acids is 2. The first-order valence-corrected chi connectivity index (χ1v) is 8.86. The Hall–Kier alpha value is -1.49. The predicted octanol–water partition coefficient (Wildman–Crippen LogP) is 3.26. The molecule has 2 atom stereocenters. The Morgan fingerprint density at radius 1 is 1.36 bits per heavy atom. The first-order chi connectivity index (χ1) is 10.2. The Bertz CT molecular complexity index is 589. The normalized spacial score (nSPS) is 18.8. The number of methoxy groups -OCH3 is 1. The van der Waals surface area contributed by atoms with Crippen LogP contribution < -0.4 is 4.18 Å². The SMILES string of the molecule is COC(=O)CC1CC(=O)c2cc(O[S+](C)C(C)(C)C)ccc21. The molecule has 0 aromatic heterocycles. The molecule has 2 unspecified atom stereocenters. The standard InChI is InChI=1S/C17H23O4S/c1-17(2,3)22(5)21-12-6-7-13-11(9-16(19)20-4)8-15(18)14(13)10-12/h6-7,10-11H,8-9H2,1-5H3/q+1. The smallest absolute Gasteiger partial charge is 0.306 e. The van der Waals surface area contributed by atoms with E-state index in [0.717, 1.165) is 5.56 Å². The summed E-state index contributed by atoms with van der Waals surface area (Å²) < 4.78 is 10.7. The van der Waals surface area contributed by atoms with E-state index in [1.165, 1.54) is 7.11 Å². The van der Waals surface area contributed by atoms with E-state index in [0.29, 0.717) is 17.7 Å². The highest BCUT2D eigenvalue weighted by atomic mass is 32.2. The van der Waals surface area contributed by atoms with E-state index in [1.807, 2.05) is 18.2 Å². The van der Waals surface area contributed by atoms with Crippen LogP contribution in [0, 0.1) is 0 Å². The van der Waals surface area contributed by atoms with Crippen LogP contribution in [0.1, 0.15) is 55.5 Å². The Balaban J connectivity index is 2.20. The number of ether oxygens (including phenoxy) is 1. The molecule has 1 aromatic rings. The number of carbonyl (C=O) groups is 2. The molecule has 1 aliphatic rings. The van der Waals surface area contributed by atoms with E-state index >= 15 is 0 Å². The predicted molar refractivity (Wildman–Crippen MR) is 88.4 cm³/mol. The quantitative estimate of drug-likeness (QED) is 0.630. The van der Waals surface area contributed by atoms with Gasteiger partial charge in [-0.2, -0.15) is 0 Å². The third-order valence-electron chi connectivity index (χ3n) is 3.92. The van der Waals surface area contributed by atoms with Crippen molar-refractivity contribution in [3.05, 3.63) is 29.3 Å². The largest absolute Gasteiger partial charge is 0.469 e. The van der Waals surface area contributed by atoms with Gasteiger partial charge in [0.25, 0.3) is 0 Å². The lowest BCUT2D eigenvalue weighted by atomic mass is 9.98. The monoisotopic (exact) mass is 323 g/mol. The van der Waals surface area contributed by atoms with E-state index in [2.05, 4.69) is 27.0 Å². The van der Waals surface area contributed by atoms with E-state index in [-0.39, 0.29) is 40.0 Å². The number of fused-ring (bicyclic) bond motifs is 1. The van der Waals surface area contributed by atoms with E-state index in [1.54, 1.807) is 0 Å². The maximum absolute atomic E-state index is 12.2. The summed E-state index contributed by atoms with van der Waals surface area (Å²) >= 11 is -0.251. The fourth-order valence-corrected chi connectivity index (χ4v) is 3.01. The van der Waals surface area contributed by atoms with Crippen molar-refractivity contribution in [2.45, 2.75) is 44.3 Å². The molecule has 22 heavy (non-hydrogen) atoms. The molecule has 0 spiro atoms. The minimum atomic E-state index is -0.284. The average molecular weight is 323 g/mol. The van der Waals surface area contributed by atoms with Gasteiger partial charge in [-0.15, -0.1) is 0 Å². The van der Waals surface area contributed by atoms with Crippen LogP contribution in [-0.2, 0) is 20.7 Å². The molecule has 0 bridgehead atoms. The van der Waals surface area contributed by atoms with Gasteiger partial charge in [0, 0.05) is 17.9 Å². The molecule has 120 valence electrons. The topological polar surface area (TPSA) is 52.6 Å². The second-order valence-electron chi connectivity index (χ2n) is 6.50. The van der Waals surface area contributed by atoms with Gasteiger partial charge in [0.15, 0.2) is 27.5 Å². The molecule has 0 saturated carbocycles. The highest BCUT2D eigenvalue weighted by Gasteiger charge is 2.35. The van der Waals surface area contributed by atoms with Gasteiger partial charge in [0.05, 0.1) is 13.5 Å². The van der Waals surface area contributed by atoms with Gasteiger partial charge in [0.1, 0.15) is 6.26 Å². The molecular formula is C17H23O4S+. The van der Waals surface area contributed by atoms with Crippen molar-refractivity contribution in [3.63, 3.8) is 0 Å². The molecule has 0 heterocycles. The molecule has 0 radical (unpaired) electrons. The van der Waals surface area contributed by atoms with Crippen molar-refractivity contribution in [2.75, 3.05) is 13.4 Å². The van der Waals surface area contributed by atoms with Crippen LogP contribution >= 0.6 is 0 Å². The molecule has 0 N–H and O–H groups in total. The lowest BCUT2D eigenvalue weighted by Gasteiger charge is -2.16. The summed E-state index contributed by atoms with van der Waals surface area (Å²) in [5.41, 5.74) is 1.60. The Labute approximate surface area is 134 Å². The summed E-state index contributed by atoms with van der Waals surface area (Å²) in [5.74, 6) is 0.424. The third-order valence-corrected chi connectivity index (χ3v) is 6.09. The number of esters is 1. The van der Waals surface area contributed by atoms with Crippen LogP contribution in [0.2, 0.25) is 0 Å². The summed E-state index contributed by atoms with van der Waals surface area (Å²) in [6.45, 7) is 6.38. The van der Waals surface area contributed by atoms with Gasteiger partial charge in [0.2, 0.25) is 0 Å². The zero-order chi connectivity index (χ0) is 16.5. The minimum Gasteiger partial charge on any atom is -0.469 e. The zero-order valence-electron chi connectivity index (χ0n) is 13.8. The van der Waals surface area contributed by atoms with Crippen LogP contribution in [0.15, 0.2) is 18.2 Å². The molecule has 1 aliphatic carbocycles. The van der Waals surface area contributed by atoms with Gasteiger partial charge in [-0.05, 0) is 38.5 Å². The second kappa shape index (κ2) is 6.32. The summed E-state index contributed by atoms with van der Waals surface area (Å²) in [4.78, 5) is 23.6. The number of rotatable bonds is 4. The molecule has 0 saturated heterocycles. The highest BCUT2D eigenvalue weighted by molar-refractivity contribution is 7.93. The van der Waals surface area contributed by atoms with Gasteiger partial charge in [-0.3, -0.25) is 13.8 Å². The molecule has 0 fully saturated rings. The van der Waals surface area contributed by atoms with Crippen molar-refractivity contribution in [3.8, 4) is 5.75 Å². The lowest BCUT2D eigenvalue weighted by molar-refractivity contribution is -0.141. The number of Topliss-reactive ketones (excluding diaryl/α,β-unsaturated/α-hetero) is 1. The maximum atomic E-state index is 12.2. The molecule has 0 aliphatic heterocycles. The van der Waals surface area contributed by atoms with Crippen LogP contribution in [0.5, 0.6) is 5.75 Å². The third kappa shape index (κ3) is 3.64. The summed E-state index contributed by atoms with van der Waals surface area (Å²) in [7, 11) is 1.37. The molecule has 2 rings (SSSR count). The first-order valence-electron chi connectivity index (χ1n) is 7.30. The number of ketones is 1. The van der Waals surface area contributed by atoms with Crippen LogP contribution in [-0.4, -0.2) is 29.9 Å². The second-order valence-corrected chi connectivity index (χ2v) is 8.80. The average Bonchev–Trinajstić information content (AvgIpc) is 2.74. The summed E-state index contributed by atoms with van der Waals surface area (Å²) in [6.07, 6.45) is 2.66. The van der Waals surface area contributed by atoms with Crippen LogP contribution in [0.3, 0.4) is 0 Å². The summed E-state index contributed by atoms with van der Waals surface area (Å²) in [6, 6.07) is 5.60. The Morgan fingerprint density at radius 2 is 2.05 bits per heavy atom. The molecule has 5 heteroatoms.